The molecule has 6 heteroatoms. The lowest BCUT2D eigenvalue weighted by Gasteiger charge is -2.39. The van der Waals surface area contributed by atoms with Crippen LogP contribution >= 0.6 is 11.3 Å². The van der Waals surface area contributed by atoms with Crippen LogP contribution in [-0.4, -0.2) is 46.9 Å². The maximum atomic E-state index is 13.2. The van der Waals surface area contributed by atoms with Gasteiger partial charge in [0.15, 0.2) is 5.13 Å². The molecule has 1 N–H and O–H groups in total. The number of anilines is 2. The molecule has 0 unspecified atom stereocenters. The van der Waals surface area contributed by atoms with E-state index in [1.165, 1.54) is 22.5 Å². The first-order chi connectivity index (χ1) is 16.7. The first-order valence-corrected chi connectivity index (χ1v) is 12.5. The van der Waals surface area contributed by atoms with E-state index in [9.17, 15) is 4.79 Å². The average Bonchev–Trinajstić information content (AvgIpc) is 3.35. The van der Waals surface area contributed by atoms with Crippen LogP contribution in [0.5, 0.6) is 0 Å². The SMILES string of the molecule is Cc1ccccc1Nc1nc(C(=O)N2CCN(C(c3ccccc3)c3ccccc3)CC2)cs1. The first kappa shape index (κ1) is 22.3. The zero-order valence-electron chi connectivity index (χ0n) is 19.2. The van der Waals surface area contributed by atoms with Gasteiger partial charge in [-0.05, 0) is 29.7 Å². The van der Waals surface area contributed by atoms with Crippen molar-refractivity contribution in [3.05, 3.63) is 113 Å². The van der Waals surface area contributed by atoms with Gasteiger partial charge in [-0.1, -0.05) is 78.9 Å². The van der Waals surface area contributed by atoms with E-state index in [4.69, 9.17) is 0 Å². The van der Waals surface area contributed by atoms with E-state index in [2.05, 4.69) is 88.9 Å². The van der Waals surface area contributed by atoms with Crippen molar-refractivity contribution in [2.24, 2.45) is 0 Å². The van der Waals surface area contributed by atoms with Crippen molar-refractivity contribution in [1.82, 2.24) is 14.8 Å². The number of carbonyl (C=O) groups is 1. The van der Waals surface area contributed by atoms with Gasteiger partial charge in [0, 0.05) is 37.2 Å². The standard InChI is InChI=1S/C28H28N4OS/c1-21-10-8-9-15-24(21)29-28-30-25(20-34-28)27(33)32-18-16-31(17-19-32)26(22-11-4-2-5-12-22)23-13-6-3-7-14-23/h2-15,20,26H,16-19H2,1H3,(H,29,30). The van der Waals surface area contributed by atoms with E-state index in [0.717, 1.165) is 29.5 Å². The van der Waals surface area contributed by atoms with E-state index in [1.54, 1.807) is 0 Å². The summed E-state index contributed by atoms with van der Waals surface area (Å²) in [5, 5.41) is 5.93. The first-order valence-electron chi connectivity index (χ1n) is 11.6. The molecule has 0 aliphatic carbocycles. The molecule has 0 bridgehead atoms. The van der Waals surface area contributed by atoms with Gasteiger partial charge in [-0.2, -0.15) is 0 Å². The number of aryl methyl sites for hydroxylation is 1. The Morgan fingerprint density at radius 2 is 1.44 bits per heavy atom. The summed E-state index contributed by atoms with van der Waals surface area (Å²) in [5.74, 6) is 0.00436. The van der Waals surface area contributed by atoms with Crippen LogP contribution in [0.2, 0.25) is 0 Å². The molecule has 0 spiro atoms. The monoisotopic (exact) mass is 468 g/mol. The van der Waals surface area contributed by atoms with E-state index in [1.807, 2.05) is 28.5 Å². The number of hydrogen-bond acceptors (Lipinski definition) is 5. The molecule has 4 aromatic rings. The molecule has 3 aromatic carbocycles. The number of piperazine rings is 1. The molecule has 1 saturated heterocycles. The van der Waals surface area contributed by atoms with Gasteiger partial charge in [0.25, 0.3) is 5.91 Å². The number of aromatic nitrogens is 1. The van der Waals surface area contributed by atoms with E-state index >= 15 is 0 Å². The van der Waals surface area contributed by atoms with Crippen molar-refractivity contribution < 1.29 is 4.79 Å². The summed E-state index contributed by atoms with van der Waals surface area (Å²) >= 11 is 1.47. The molecular formula is C28H28N4OS. The largest absolute Gasteiger partial charge is 0.335 e. The Balaban J connectivity index is 1.26. The number of rotatable bonds is 6. The zero-order chi connectivity index (χ0) is 23.3. The lowest BCUT2D eigenvalue weighted by molar-refractivity contribution is 0.0592. The molecule has 2 heterocycles. The minimum atomic E-state index is 0.00436. The Morgan fingerprint density at radius 3 is 2.06 bits per heavy atom. The van der Waals surface area contributed by atoms with Crippen LogP contribution in [0.25, 0.3) is 0 Å². The summed E-state index contributed by atoms with van der Waals surface area (Å²) in [5.41, 5.74) is 5.22. The molecule has 1 amide bonds. The summed E-state index contributed by atoms with van der Waals surface area (Å²) in [6.45, 7) is 5.07. The summed E-state index contributed by atoms with van der Waals surface area (Å²) in [7, 11) is 0. The zero-order valence-corrected chi connectivity index (χ0v) is 20.0. The quantitative estimate of drug-likeness (QED) is 0.392. The fraction of sp³-hybridized carbons (Fsp3) is 0.214. The summed E-state index contributed by atoms with van der Waals surface area (Å²) < 4.78 is 0. The van der Waals surface area contributed by atoms with Crippen LogP contribution < -0.4 is 5.32 Å². The van der Waals surface area contributed by atoms with Gasteiger partial charge < -0.3 is 10.2 Å². The summed E-state index contributed by atoms with van der Waals surface area (Å²) in [6.07, 6.45) is 0. The van der Waals surface area contributed by atoms with Gasteiger partial charge in [0.1, 0.15) is 5.69 Å². The van der Waals surface area contributed by atoms with Crippen LogP contribution in [0.3, 0.4) is 0 Å². The Labute approximate surface area is 204 Å². The highest BCUT2D eigenvalue weighted by atomic mass is 32.1. The number of thiazole rings is 1. The maximum Gasteiger partial charge on any atom is 0.273 e. The molecule has 1 aliphatic rings. The third-order valence-electron chi connectivity index (χ3n) is 6.31. The second-order valence-corrected chi connectivity index (χ2v) is 9.39. The highest BCUT2D eigenvalue weighted by molar-refractivity contribution is 7.14. The van der Waals surface area contributed by atoms with Crippen molar-refractivity contribution in [2.75, 3.05) is 31.5 Å². The fourth-order valence-corrected chi connectivity index (χ4v) is 5.18. The number of nitrogens with zero attached hydrogens (tertiary/aromatic N) is 3. The highest BCUT2D eigenvalue weighted by Crippen LogP contribution is 2.30. The molecule has 5 nitrogen and oxygen atoms in total. The van der Waals surface area contributed by atoms with Gasteiger partial charge in [0.2, 0.25) is 0 Å². The number of amides is 1. The minimum Gasteiger partial charge on any atom is -0.335 e. The Bertz CT molecular complexity index is 1190. The molecule has 0 radical (unpaired) electrons. The molecule has 1 aliphatic heterocycles. The molecule has 0 saturated carbocycles. The third kappa shape index (κ3) is 4.88. The number of hydrogen-bond donors (Lipinski definition) is 1. The van der Waals surface area contributed by atoms with Gasteiger partial charge in [-0.3, -0.25) is 9.69 Å². The average molecular weight is 469 g/mol. The van der Waals surface area contributed by atoms with Gasteiger partial charge >= 0.3 is 0 Å². The number of benzene rings is 3. The molecule has 1 fully saturated rings. The fourth-order valence-electron chi connectivity index (χ4n) is 4.49. The Kier molecular flexibility index (Phi) is 6.70. The summed E-state index contributed by atoms with van der Waals surface area (Å²) in [4.78, 5) is 22.1. The van der Waals surface area contributed by atoms with Crippen LogP contribution in [0, 0.1) is 6.92 Å². The predicted octanol–water partition coefficient (Wildman–Crippen LogP) is 5.74. The number of para-hydroxylation sites is 1. The van der Waals surface area contributed by atoms with Crippen molar-refractivity contribution in [3.63, 3.8) is 0 Å². The van der Waals surface area contributed by atoms with Crippen LogP contribution in [-0.2, 0) is 0 Å². The lowest BCUT2D eigenvalue weighted by Crippen LogP contribution is -2.50. The Hall–Kier alpha value is -3.48. The van der Waals surface area contributed by atoms with Crippen LogP contribution in [0.1, 0.15) is 33.2 Å². The highest BCUT2D eigenvalue weighted by Gasteiger charge is 2.29. The van der Waals surface area contributed by atoms with E-state index in [0.29, 0.717) is 18.8 Å². The second kappa shape index (κ2) is 10.2. The van der Waals surface area contributed by atoms with E-state index < -0.39 is 0 Å². The maximum absolute atomic E-state index is 13.2. The van der Waals surface area contributed by atoms with Crippen molar-refractivity contribution in [2.45, 2.75) is 13.0 Å². The molecule has 0 atom stereocenters. The molecule has 1 aromatic heterocycles. The molecule has 34 heavy (non-hydrogen) atoms. The Morgan fingerprint density at radius 1 is 0.853 bits per heavy atom. The van der Waals surface area contributed by atoms with Gasteiger partial charge in [0.05, 0.1) is 6.04 Å². The van der Waals surface area contributed by atoms with Crippen molar-refractivity contribution >= 4 is 28.1 Å². The van der Waals surface area contributed by atoms with Crippen molar-refractivity contribution in [1.29, 1.82) is 0 Å². The molecule has 172 valence electrons. The molecule has 5 rings (SSSR count). The predicted molar refractivity (Wildman–Crippen MR) is 139 cm³/mol. The topological polar surface area (TPSA) is 48.5 Å². The van der Waals surface area contributed by atoms with Crippen molar-refractivity contribution in [3.8, 4) is 0 Å². The summed E-state index contributed by atoms with van der Waals surface area (Å²) in [6, 6.07) is 29.5. The van der Waals surface area contributed by atoms with Gasteiger partial charge in [-0.25, -0.2) is 4.98 Å². The normalized spacial score (nSPS) is 14.4. The minimum absolute atomic E-state index is 0.00436. The second-order valence-electron chi connectivity index (χ2n) is 8.53. The number of nitrogens with one attached hydrogen (secondary N) is 1. The lowest BCUT2D eigenvalue weighted by atomic mass is 9.96. The van der Waals surface area contributed by atoms with Gasteiger partial charge in [-0.15, -0.1) is 11.3 Å². The van der Waals surface area contributed by atoms with Crippen LogP contribution in [0.4, 0.5) is 10.8 Å². The van der Waals surface area contributed by atoms with E-state index in [-0.39, 0.29) is 11.9 Å². The van der Waals surface area contributed by atoms with Crippen LogP contribution in [0.15, 0.2) is 90.3 Å². The molecular weight excluding hydrogens is 440 g/mol. The third-order valence-corrected chi connectivity index (χ3v) is 7.06. The number of carbonyl (C=O) groups excluding carboxylic acids is 1. The smallest absolute Gasteiger partial charge is 0.273 e.